The number of rotatable bonds is 5. The molecule has 0 aromatic heterocycles. The first-order chi connectivity index (χ1) is 5.52. The summed E-state index contributed by atoms with van der Waals surface area (Å²) in [6.45, 7) is 7.77. The Kier molecular flexibility index (Phi) is 5.55. The van der Waals surface area contributed by atoms with Crippen molar-refractivity contribution in [2.24, 2.45) is 5.41 Å². The molecular formula is C9H18ClNO. The Morgan fingerprint density at radius 3 is 2.58 bits per heavy atom. The van der Waals surface area contributed by atoms with Gasteiger partial charge in [0.25, 0.3) is 0 Å². The van der Waals surface area contributed by atoms with E-state index in [4.69, 9.17) is 16.7 Å². The van der Waals surface area contributed by atoms with Crippen LogP contribution >= 0.6 is 11.6 Å². The Labute approximate surface area is 79.6 Å². The molecule has 0 rings (SSSR count). The lowest BCUT2D eigenvalue weighted by Gasteiger charge is -2.21. The van der Waals surface area contributed by atoms with Crippen LogP contribution in [0.4, 0.5) is 0 Å². The highest BCUT2D eigenvalue weighted by atomic mass is 35.5. The van der Waals surface area contributed by atoms with Gasteiger partial charge < -0.3 is 10.4 Å². The molecule has 0 heterocycles. The number of aliphatic hydroxyl groups excluding tert-OH is 1. The fraction of sp³-hybridized carbons (Fsp3) is 0.778. The van der Waals surface area contributed by atoms with Crippen LogP contribution < -0.4 is 5.32 Å². The van der Waals surface area contributed by atoms with Crippen molar-refractivity contribution in [3.63, 3.8) is 0 Å². The van der Waals surface area contributed by atoms with Gasteiger partial charge in [0.2, 0.25) is 0 Å². The lowest BCUT2D eigenvalue weighted by atomic mass is 9.95. The largest absolute Gasteiger partial charge is 0.396 e. The predicted octanol–water partition coefficient (Wildman–Crippen LogP) is 1.74. The quantitative estimate of drug-likeness (QED) is 0.694. The zero-order valence-corrected chi connectivity index (χ0v) is 8.78. The summed E-state index contributed by atoms with van der Waals surface area (Å²) in [5.74, 6) is 0. The molecule has 0 saturated carbocycles. The third-order valence-electron chi connectivity index (χ3n) is 1.62. The van der Waals surface area contributed by atoms with E-state index in [1.165, 1.54) is 0 Å². The summed E-state index contributed by atoms with van der Waals surface area (Å²) in [4.78, 5) is 0. The van der Waals surface area contributed by atoms with Crippen molar-refractivity contribution in [3.8, 4) is 0 Å². The smallest absolute Gasteiger partial charge is 0.0494 e. The molecule has 0 aliphatic rings. The van der Waals surface area contributed by atoms with Crippen LogP contribution in [0.25, 0.3) is 0 Å². The Balaban J connectivity index is 3.56. The molecule has 0 aliphatic carbocycles. The fourth-order valence-corrected chi connectivity index (χ4v) is 0.770. The third kappa shape index (κ3) is 5.58. The standard InChI is InChI=1S/C9H18ClNO/c1-8(4-10)5-11-6-9(2,3)7-12/h4,11-12H,5-7H2,1-3H3. The summed E-state index contributed by atoms with van der Waals surface area (Å²) in [7, 11) is 0. The van der Waals surface area contributed by atoms with Crippen molar-refractivity contribution < 1.29 is 5.11 Å². The molecule has 0 aromatic carbocycles. The normalized spacial score (nSPS) is 13.6. The molecule has 0 saturated heterocycles. The maximum Gasteiger partial charge on any atom is 0.0494 e. The highest BCUT2D eigenvalue weighted by Gasteiger charge is 2.14. The summed E-state index contributed by atoms with van der Waals surface area (Å²) in [5, 5.41) is 12.2. The van der Waals surface area contributed by atoms with Crippen LogP contribution in [0.15, 0.2) is 11.1 Å². The van der Waals surface area contributed by atoms with Crippen LogP contribution in [-0.2, 0) is 0 Å². The van der Waals surface area contributed by atoms with Crippen LogP contribution in [0.2, 0.25) is 0 Å². The maximum absolute atomic E-state index is 8.94. The van der Waals surface area contributed by atoms with Gasteiger partial charge in [0.15, 0.2) is 0 Å². The zero-order chi connectivity index (χ0) is 9.61. The second kappa shape index (κ2) is 5.57. The van der Waals surface area contributed by atoms with Crippen LogP contribution in [0.1, 0.15) is 20.8 Å². The second-order valence-corrected chi connectivity index (χ2v) is 4.10. The molecular weight excluding hydrogens is 174 g/mol. The van der Waals surface area contributed by atoms with Gasteiger partial charge >= 0.3 is 0 Å². The molecule has 0 radical (unpaired) electrons. The zero-order valence-electron chi connectivity index (χ0n) is 8.02. The summed E-state index contributed by atoms with van der Waals surface area (Å²) in [5.41, 5.74) is 2.62. The highest BCUT2D eigenvalue weighted by Crippen LogP contribution is 2.11. The number of aliphatic hydroxyl groups is 1. The van der Waals surface area contributed by atoms with Crippen LogP contribution in [-0.4, -0.2) is 24.8 Å². The summed E-state index contributed by atoms with van der Waals surface area (Å²) >= 11 is 5.48. The van der Waals surface area contributed by atoms with E-state index in [1.54, 1.807) is 5.54 Å². The molecule has 0 aromatic rings. The van der Waals surface area contributed by atoms with Gasteiger partial charge in [-0.3, -0.25) is 0 Å². The lowest BCUT2D eigenvalue weighted by Crippen LogP contribution is -2.33. The Morgan fingerprint density at radius 2 is 2.17 bits per heavy atom. The molecule has 0 amide bonds. The third-order valence-corrected chi connectivity index (χ3v) is 1.99. The van der Waals surface area contributed by atoms with E-state index in [0.29, 0.717) is 0 Å². The molecule has 0 spiro atoms. The average Bonchev–Trinajstić information content (AvgIpc) is 2.04. The van der Waals surface area contributed by atoms with Gasteiger partial charge in [-0.15, -0.1) is 0 Å². The van der Waals surface area contributed by atoms with Gasteiger partial charge in [0.05, 0.1) is 0 Å². The molecule has 72 valence electrons. The minimum atomic E-state index is -0.0490. The van der Waals surface area contributed by atoms with E-state index in [0.717, 1.165) is 18.7 Å². The Morgan fingerprint density at radius 1 is 1.58 bits per heavy atom. The highest BCUT2D eigenvalue weighted by molar-refractivity contribution is 6.25. The lowest BCUT2D eigenvalue weighted by molar-refractivity contribution is 0.158. The van der Waals surface area contributed by atoms with Gasteiger partial charge in [0, 0.05) is 30.6 Å². The van der Waals surface area contributed by atoms with E-state index in [1.807, 2.05) is 20.8 Å². The second-order valence-electron chi connectivity index (χ2n) is 3.88. The van der Waals surface area contributed by atoms with Crippen molar-refractivity contribution in [3.05, 3.63) is 11.1 Å². The van der Waals surface area contributed by atoms with Gasteiger partial charge in [0.1, 0.15) is 0 Å². The first kappa shape index (κ1) is 11.9. The molecule has 0 aliphatic heterocycles. The SMILES string of the molecule is CC(=CCl)CNCC(C)(C)CO. The van der Waals surface area contributed by atoms with Crippen molar-refractivity contribution in [1.82, 2.24) is 5.32 Å². The molecule has 0 fully saturated rings. The van der Waals surface area contributed by atoms with Gasteiger partial charge in [-0.25, -0.2) is 0 Å². The first-order valence-corrected chi connectivity index (χ1v) is 4.53. The molecule has 2 N–H and O–H groups in total. The van der Waals surface area contributed by atoms with E-state index >= 15 is 0 Å². The van der Waals surface area contributed by atoms with Crippen molar-refractivity contribution >= 4 is 11.6 Å². The van der Waals surface area contributed by atoms with E-state index in [9.17, 15) is 0 Å². The van der Waals surface area contributed by atoms with Crippen molar-refractivity contribution in [1.29, 1.82) is 0 Å². The predicted molar refractivity (Wildman–Crippen MR) is 53.3 cm³/mol. The monoisotopic (exact) mass is 191 g/mol. The molecule has 3 heteroatoms. The van der Waals surface area contributed by atoms with Crippen LogP contribution in [0.5, 0.6) is 0 Å². The molecule has 0 atom stereocenters. The van der Waals surface area contributed by atoms with Crippen molar-refractivity contribution in [2.75, 3.05) is 19.7 Å². The minimum absolute atomic E-state index is 0.0490. The molecule has 0 bridgehead atoms. The van der Waals surface area contributed by atoms with E-state index in [-0.39, 0.29) is 12.0 Å². The summed E-state index contributed by atoms with van der Waals surface area (Å²) < 4.78 is 0. The van der Waals surface area contributed by atoms with Crippen LogP contribution in [0, 0.1) is 5.41 Å². The Hall–Kier alpha value is -0.0500. The number of halogens is 1. The first-order valence-electron chi connectivity index (χ1n) is 4.09. The van der Waals surface area contributed by atoms with Gasteiger partial charge in [-0.05, 0) is 12.5 Å². The summed E-state index contributed by atoms with van der Waals surface area (Å²) in [6.07, 6.45) is 0. The van der Waals surface area contributed by atoms with Gasteiger partial charge in [-0.1, -0.05) is 25.4 Å². The average molecular weight is 192 g/mol. The summed E-state index contributed by atoms with van der Waals surface area (Å²) in [6, 6.07) is 0. The topological polar surface area (TPSA) is 32.3 Å². The molecule has 12 heavy (non-hydrogen) atoms. The van der Waals surface area contributed by atoms with E-state index in [2.05, 4.69) is 5.32 Å². The van der Waals surface area contributed by atoms with Crippen molar-refractivity contribution in [2.45, 2.75) is 20.8 Å². The number of nitrogens with one attached hydrogen (secondary N) is 1. The van der Waals surface area contributed by atoms with E-state index < -0.39 is 0 Å². The fourth-order valence-electron chi connectivity index (χ4n) is 0.693. The number of hydrogen-bond acceptors (Lipinski definition) is 2. The van der Waals surface area contributed by atoms with Gasteiger partial charge in [-0.2, -0.15) is 0 Å². The molecule has 2 nitrogen and oxygen atoms in total. The Bertz CT molecular complexity index is 155. The maximum atomic E-state index is 8.94. The number of hydrogen-bond donors (Lipinski definition) is 2. The minimum Gasteiger partial charge on any atom is -0.396 e. The molecule has 0 unspecified atom stereocenters. The van der Waals surface area contributed by atoms with Crippen LogP contribution in [0.3, 0.4) is 0 Å².